The minimum atomic E-state index is 0.0638. The van der Waals surface area contributed by atoms with E-state index >= 15 is 0 Å². The molecule has 2 rings (SSSR count). The van der Waals surface area contributed by atoms with Crippen molar-refractivity contribution in [1.29, 1.82) is 0 Å². The van der Waals surface area contributed by atoms with Gasteiger partial charge >= 0.3 is 0 Å². The molecular weight excluding hydrogens is 202 g/mol. The Bertz CT molecular complexity index is 257. The van der Waals surface area contributed by atoms with E-state index in [-0.39, 0.29) is 6.04 Å². The van der Waals surface area contributed by atoms with Gasteiger partial charge in [0.25, 0.3) is 0 Å². The third-order valence-corrected chi connectivity index (χ3v) is 4.00. The highest BCUT2D eigenvalue weighted by Crippen LogP contribution is 2.19. The first-order valence-corrected chi connectivity index (χ1v) is 6.38. The number of hydrogen-bond donors (Lipinski definition) is 1. The fourth-order valence-corrected chi connectivity index (χ4v) is 2.82. The predicted molar refractivity (Wildman–Crippen MR) is 64.3 cm³/mol. The van der Waals surface area contributed by atoms with Crippen LogP contribution < -0.4 is 5.32 Å². The number of piperidine rings is 1. The van der Waals surface area contributed by atoms with Crippen LogP contribution in [0.25, 0.3) is 0 Å². The summed E-state index contributed by atoms with van der Waals surface area (Å²) in [5.74, 6) is 0.293. The van der Waals surface area contributed by atoms with E-state index in [2.05, 4.69) is 17.3 Å². The van der Waals surface area contributed by atoms with E-state index in [1.807, 2.05) is 11.9 Å². The lowest BCUT2D eigenvalue weighted by Crippen LogP contribution is -2.46. The topological polar surface area (TPSA) is 35.6 Å². The minimum Gasteiger partial charge on any atom is -0.340 e. The first-order valence-electron chi connectivity index (χ1n) is 6.38. The molecule has 2 heterocycles. The van der Waals surface area contributed by atoms with E-state index in [1.165, 1.54) is 25.8 Å². The Hall–Kier alpha value is -0.610. The lowest BCUT2D eigenvalue weighted by molar-refractivity contribution is -0.130. The lowest BCUT2D eigenvalue weighted by Gasteiger charge is -2.35. The van der Waals surface area contributed by atoms with Gasteiger partial charge in [0.05, 0.1) is 6.04 Å². The van der Waals surface area contributed by atoms with Crippen molar-refractivity contribution in [2.75, 3.05) is 33.7 Å². The van der Waals surface area contributed by atoms with Gasteiger partial charge in [-0.2, -0.15) is 0 Å². The number of carbonyl (C=O) groups is 1. The van der Waals surface area contributed by atoms with Gasteiger partial charge in [-0.25, -0.2) is 0 Å². The van der Waals surface area contributed by atoms with Crippen LogP contribution in [-0.4, -0.2) is 61.5 Å². The van der Waals surface area contributed by atoms with Gasteiger partial charge in [0, 0.05) is 19.1 Å². The highest BCUT2D eigenvalue weighted by molar-refractivity contribution is 5.83. The molecule has 2 fully saturated rings. The highest BCUT2D eigenvalue weighted by atomic mass is 16.2. The van der Waals surface area contributed by atoms with E-state index in [4.69, 9.17) is 0 Å². The number of nitrogens with zero attached hydrogens (tertiary/aromatic N) is 2. The Balaban J connectivity index is 1.87. The maximum absolute atomic E-state index is 12.0. The van der Waals surface area contributed by atoms with E-state index < -0.39 is 0 Å². The summed E-state index contributed by atoms with van der Waals surface area (Å²) >= 11 is 0. The van der Waals surface area contributed by atoms with E-state index in [0.717, 1.165) is 19.5 Å². The van der Waals surface area contributed by atoms with Crippen LogP contribution in [0.5, 0.6) is 0 Å². The second-order valence-electron chi connectivity index (χ2n) is 5.04. The first-order chi connectivity index (χ1) is 7.72. The van der Waals surface area contributed by atoms with Crippen LogP contribution in [0, 0.1) is 0 Å². The number of likely N-dealkylation sites (tertiary alicyclic amines) is 2. The fraction of sp³-hybridized carbons (Fsp3) is 0.917. The SMILES string of the molecule is CNC1CCN(CC2CCCCN2C)C1=O. The molecule has 0 radical (unpaired) electrons. The summed E-state index contributed by atoms with van der Waals surface area (Å²) in [5, 5.41) is 3.09. The summed E-state index contributed by atoms with van der Waals surface area (Å²) in [6.45, 7) is 3.03. The van der Waals surface area contributed by atoms with Crippen molar-refractivity contribution in [3.8, 4) is 0 Å². The molecule has 92 valence electrons. The zero-order valence-electron chi connectivity index (χ0n) is 10.4. The van der Waals surface area contributed by atoms with Gasteiger partial charge < -0.3 is 15.1 Å². The Morgan fingerprint density at radius 2 is 2.12 bits per heavy atom. The summed E-state index contributed by atoms with van der Waals surface area (Å²) < 4.78 is 0. The minimum absolute atomic E-state index is 0.0638. The molecule has 0 aromatic rings. The van der Waals surface area contributed by atoms with Crippen LogP contribution in [0.4, 0.5) is 0 Å². The molecule has 0 saturated carbocycles. The van der Waals surface area contributed by atoms with Gasteiger partial charge in [0.2, 0.25) is 5.91 Å². The third-order valence-electron chi connectivity index (χ3n) is 4.00. The van der Waals surface area contributed by atoms with E-state index in [1.54, 1.807) is 0 Å². The second kappa shape index (κ2) is 5.15. The largest absolute Gasteiger partial charge is 0.340 e. The Morgan fingerprint density at radius 1 is 1.31 bits per heavy atom. The molecule has 2 aliphatic rings. The van der Waals surface area contributed by atoms with E-state index in [0.29, 0.717) is 11.9 Å². The summed E-state index contributed by atoms with van der Waals surface area (Å²) in [5.41, 5.74) is 0. The molecule has 16 heavy (non-hydrogen) atoms. The van der Waals surface area contributed by atoms with Gasteiger partial charge in [-0.05, 0) is 39.9 Å². The maximum Gasteiger partial charge on any atom is 0.239 e. The molecule has 0 aromatic heterocycles. The zero-order chi connectivity index (χ0) is 11.5. The van der Waals surface area contributed by atoms with Gasteiger partial charge in [0.1, 0.15) is 0 Å². The zero-order valence-corrected chi connectivity index (χ0v) is 10.4. The number of amides is 1. The van der Waals surface area contributed by atoms with Crippen LogP contribution in [0.3, 0.4) is 0 Å². The molecule has 4 nitrogen and oxygen atoms in total. The van der Waals surface area contributed by atoms with Crippen LogP contribution in [-0.2, 0) is 4.79 Å². The fourth-order valence-electron chi connectivity index (χ4n) is 2.82. The molecule has 1 N–H and O–H groups in total. The van der Waals surface area contributed by atoms with Gasteiger partial charge in [-0.3, -0.25) is 4.79 Å². The molecular formula is C12H23N3O. The predicted octanol–water partition coefficient (Wildman–Crippen LogP) is 0.291. The van der Waals surface area contributed by atoms with Crippen LogP contribution in [0.2, 0.25) is 0 Å². The average molecular weight is 225 g/mol. The van der Waals surface area contributed by atoms with Crippen LogP contribution in [0.1, 0.15) is 25.7 Å². The van der Waals surface area contributed by atoms with Crippen molar-refractivity contribution < 1.29 is 4.79 Å². The molecule has 1 amide bonds. The molecule has 2 unspecified atom stereocenters. The van der Waals surface area contributed by atoms with Crippen LogP contribution >= 0.6 is 0 Å². The number of likely N-dealkylation sites (N-methyl/N-ethyl adjacent to an activating group) is 2. The van der Waals surface area contributed by atoms with Gasteiger partial charge in [0.15, 0.2) is 0 Å². The molecule has 2 saturated heterocycles. The molecule has 4 heteroatoms. The van der Waals surface area contributed by atoms with E-state index in [9.17, 15) is 4.79 Å². The van der Waals surface area contributed by atoms with Crippen molar-refractivity contribution in [1.82, 2.24) is 15.1 Å². The monoisotopic (exact) mass is 225 g/mol. The van der Waals surface area contributed by atoms with Crippen molar-refractivity contribution in [2.24, 2.45) is 0 Å². The van der Waals surface area contributed by atoms with Gasteiger partial charge in [-0.1, -0.05) is 6.42 Å². The van der Waals surface area contributed by atoms with Crippen molar-refractivity contribution >= 4 is 5.91 Å². The third kappa shape index (κ3) is 2.38. The molecule has 0 spiro atoms. The summed E-state index contributed by atoms with van der Waals surface area (Å²) in [7, 11) is 4.05. The van der Waals surface area contributed by atoms with Gasteiger partial charge in [-0.15, -0.1) is 0 Å². The van der Waals surface area contributed by atoms with Crippen molar-refractivity contribution in [3.05, 3.63) is 0 Å². The van der Waals surface area contributed by atoms with Crippen LogP contribution in [0.15, 0.2) is 0 Å². The Kier molecular flexibility index (Phi) is 3.82. The number of rotatable bonds is 3. The number of hydrogen-bond acceptors (Lipinski definition) is 3. The average Bonchev–Trinajstić information content (AvgIpc) is 2.63. The molecule has 0 bridgehead atoms. The quantitative estimate of drug-likeness (QED) is 0.750. The Morgan fingerprint density at radius 3 is 2.75 bits per heavy atom. The molecule has 0 aromatic carbocycles. The first kappa shape index (κ1) is 11.9. The number of nitrogens with one attached hydrogen (secondary N) is 1. The smallest absolute Gasteiger partial charge is 0.239 e. The molecule has 0 aliphatic carbocycles. The summed E-state index contributed by atoms with van der Waals surface area (Å²) in [4.78, 5) is 16.4. The molecule has 2 aliphatic heterocycles. The normalized spacial score (nSPS) is 32.4. The van der Waals surface area contributed by atoms with Crippen molar-refractivity contribution in [3.63, 3.8) is 0 Å². The standard InChI is InChI=1S/C12H23N3O/c1-13-11-6-8-15(12(11)16)9-10-5-3-4-7-14(10)2/h10-11,13H,3-9H2,1-2H3. The molecule has 2 atom stereocenters. The van der Waals surface area contributed by atoms with Crippen molar-refractivity contribution in [2.45, 2.75) is 37.8 Å². The summed E-state index contributed by atoms with van der Waals surface area (Å²) in [6, 6.07) is 0.641. The highest BCUT2D eigenvalue weighted by Gasteiger charge is 2.32. The second-order valence-corrected chi connectivity index (χ2v) is 5.04. The maximum atomic E-state index is 12.0. The number of carbonyl (C=O) groups excluding carboxylic acids is 1. The Labute approximate surface area is 98.0 Å². The lowest BCUT2D eigenvalue weighted by atomic mass is 10.0. The summed E-state index contributed by atoms with van der Waals surface area (Å²) in [6.07, 6.45) is 4.82.